The van der Waals surface area contributed by atoms with E-state index in [0.29, 0.717) is 24.0 Å². The van der Waals surface area contributed by atoms with Gasteiger partial charge in [0.1, 0.15) is 0 Å². The first-order valence-electron chi connectivity index (χ1n) is 5.44. The van der Waals surface area contributed by atoms with Gasteiger partial charge >= 0.3 is 0 Å². The third kappa shape index (κ3) is 3.48. The third-order valence-electron chi connectivity index (χ3n) is 2.68. The predicted octanol–water partition coefficient (Wildman–Crippen LogP) is 3.38. The van der Waals surface area contributed by atoms with E-state index in [4.69, 9.17) is 0 Å². The number of nitrogens with zero attached hydrogens (tertiary/aromatic N) is 1. The second-order valence-electron chi connectivity index (χ2n) is 4.56. The summed E-state index contributed by atoms with van der Waals surface area (Å²) in [5.41, 5.74) is 0.423. The molecule has 1 fully saturated rings. The van der Waals surface area contributed by atoms with Gasteiger partial charge in [-0.05, 0) is 30.8 Å². The predicted molar refractivity (Wildman–Crippen MR) is 56.5 cm³/mol. The number of allylic oxidation sites excluding steroid dienone is 2. The van der Waals surface area contributed by atoms with E-state index in [1.165, 1.54) is 12.8 Å². The van der Waals surface area contributed by atoms with Gasteiger partial charge in [-0.1, -0.05) is 26.7 Å². The minimum Gasteiger partial charge on any atom is -0.259 e. The lowest BCUT2D eigenvalue weighted by atomic mass is 10.0. The lowest BCUT2D eigenvalue weighted by Crippen LogP contribution is -2.05. The summed E-state index contributed by atoms with van der Waals surface area (Å²) < 4.78 is 0. The monoisotopic (exact) mass is 197 g/mol. The van der Waals surface area contributed by atoms with Crippen LogP contribution < -0.4 is 0 Å². The van der Waals surface area contributed by atoms with Crippen molar-refractivity contribution in [3.05, 3.63) is 21.9 Å². The largest absolute Gasteiger partial charge is 0.259 e. The Balaban J connectivity index is 2.60. The average Bonchev–Trinajstić information content (AvgIpc) is 2.54. The molecule has 80 valence electrons. The van der Waals surface area contributed by atoms with Crippen molar-refractivity contribution in [2.75, 3.05) is 0 Å². The molecule has 1 rings (SSSR count). The average molecular weight is 197 g/mol. The molecular formula is C11H19NO2. The van der Waals surface area contributed by atoms with Crippen LogP contribution >= 0.6 is 0 Å². The summed E-state index contributed by atoms with van der Waals surface area (Å²) in [4.78, 5) is 10.5. The first-order chi connectivity index (χ1) is 6.59. The van der Waals surface area contributed by atoms with Gasteiger partial charge in [-0.3, -0.25) is 10.1 Å². The van der Waals surface area contributed by atoms with Gasteiger partial charge in [-0.25, -0.2) is 0 Å². The highest BCUT2D eigenvalue weighted by Crippen LogP contribution is 2.28. The molecule has 0 aromatic rings. The maximum atomic E-state index is 10.8. The van der Waals surface area contributed by atoms with Crippen LogP contribution in [0.15, 0.2) is 11.8 Å². The van der Waals surface area contributed by atoms with Crippen LogP contribution in [-0.2, 0) is 0 Å². The Morgan fingerprint density at radius 1 is 1.50 bits per heavy atom. The van der Waals surface area contributed by atoms with Crippen molar-refractivity contribution in [1.29, 1.82) is 0 Å². The Labute approximate surface area is 85.3 Å². The molecule has 14 heavy (non-hydrogen) atoms. The fraction of sp³-hybridized carbons (Fsp3) is 0.818. The van der Waals surface area contributed by atoms with Gasteiger partial charge in [-0.2, -0.15) is 0 Å². The smallest absolute Gasteiger partial charge is 0.242 e. The van der Waals surface area contributed by atoms with E-state index < -0.39 is 0 Å². The molecule has 0 saturated heterocycles. The van der Waals surface area contributed by atoms with Crippen molar-refractivity contribution >= 4 is 0 Å². The van der Waals surface area contributed by atoms with Crippen molar-refractivity contribution in [2.24, 2.45) is 11.8 Å². The Hall–Kier alpha value is -0.860. The zero-order valence-electron chi connectivity index (χ0n) is 9.03. The Morgan fingerprint density at radius 3 is 2.50 bits per heavy atom. The summed E-state index contributed by atoms with van der Waals surface area (Å²) >= 11 is 0. The summed E-state index contributed by atoms with van der Waals surface area (Å²) in [5, 5.41) is 10.8. The van der Waals surface area contributed by atoms with Gasteiger partial charge in [0.15, 0.2) is 0 Å². The molecular weight excluding hydrogens is 178 g/mol. The Kier molecular flexibility index (Phi) is 4.11. The first kappa shape index (κ1) is 11.2. The third-order valence-corrected chi connectivity index (χ3v) is 2.68. The van der Waals surface area contributed by atoms with Crippen molar-refractivity contribution in [3.63, 3.8) is 0 Å². The molecule has 0 radical (unpaired) electrons. The van der Waals surface area contributed by atoms with E-state index in [-0.39, 0.29) is 4.92 Å². The summed E-state index contributed by atoms with van der Waals surface area (Å²) in [7, 11) is 0. The lowest BCUT2D eigenvalue weighted by molar-refractivity contribution is -0.429. The Bertz CT molecular complexity index is 227. The highest BCUT2D eigenvalue weighted by Gasteiger charge is 2.19. The van der Waals surface area contributed by atoms with Gasteiger partial charge < -0.3 is 0 Å². The van der Waals surface area contributed by atoms with E-state index in [1.807, 2.05) is 19.9 Å². The zero-order valence-corrected chi connectivity index (χ0v) is 9.03. The molecule has 1 aliphatic rings. The molecule has 0 aromatic heterocycles. The number of nitro groups is 1. The molecule has 0 spiro atoms. The Morgan fingerprint density at radius 2 is 2.07 bits per heavy atom. The maximum Gasteiger partial charge on any atom is 0.242 e. The molecule has 1 saturated carbocycles. The summed E-state index contributed by atoms with van der Waals surface area (Å²) in [5.74, 6) is 0.835. The topological polar surface area (TPSA) is 43.1 Å². The normalized spacial score (nSPS) is 19.2. The second kappa shape index (κ2) is 5.13. The SMILES string of the molecule is CC(C)CC(=CC1CCCC1)[N+](=O)[O-]. The molecule has 0 N–H and O–H groups in total. The molecule has 0 bridgehead atoms. The van der Waals surface area contributed by atoms with Crippen LogP contribution in [0, 0.1) is 22.0 Å². The second-order valence-corrected chi connectivity index (χ2v) is 4.56. The van der Waals surface area contributed by atoms with Crippen molar-refractivity contribution in [3.8, 4) is 0 Å². The van der Waals surface area contributed by atoms with Crippen molar-refractivity contribution in [1.82, 2.24) is 0 Å². The quantitative estimate of drug-likeness (QED) is 0.512. The minimum absolute atomic E-state index is 0.210. The van der Waals surface area contributed by atoms with Crippen LogP contribution in [0.4, 0.5) is 0 Å². The molecule has 0 atom stereocenters. The van der Waals surface area contributed by atoms with Gasteiger partial charge in [0.05, 0.1) is 4.92 Å². The molecule has 0 unspecified atom stereocenters. The number of hydrogen-bond donors (Lipinski definition) is 0. The van der Waals surface area contributed by atoms with Crippen LogP contribution in [0.25, 0.3) is 0 Å². The molecule has 3 nitrogen and oxygen atoms in total. The number of rotatable bonds is 4. The molecule has 0 heterocycles. The summed E-state index contributed by atoms with van der Waals surface area (Å²) in [6.07, 6.45) is 7.23. The van der Waals surface area contributed by atoms with Gasteiger partial charge in [0, 0.05) is 6.42 Å². The van der Waals surface area contributed by atoms with Crippen LogP contribution in [0.1, 0.15) is 46.0 Å². The molecule has 3 heteroatoms. The van der Waals surface area contributed by atoms with Crippen LogP contribution in [-0.4, -0.2) is 4.92 Å². The number of hydrogen-bond acceptors (Lipinski definition) is 2. The zero-order chi connectivity index (χ0) is 10.6. The fourth-order valence-corrected chi connectivity index (χ4v) is 2.02. The lowest BCUT2D eigenvalue weighted by Gasteiger charge is -2.05. The van der Waals surface area contributed by atoms with E-state index in [1.54, 1.807) is 0 Å². The van der Waals surface area contributed by atoms with Crippen molar-refractivity contribution < 1.29 is 4.92 Å². The standard InChI is InChI=1S/C11H19NO2/c1-9(2)7-11(12(13)14)8-10-5-3-4-6-10/h8-10H,3-7H2,1-2H3. The van der Waals surface area contributed by atoms with E-state index in [9.17, 15) is 10.1 Å². The maximum absolute atomic E-state index is 10.8. The molecule has 0 aliphatic heterocycles. The highest BCUT2D eigenvalue weighted by molar-refractivity contribution is 4.98. The molecule has 0 amide bonds. The summed E-state index contributed by atoms with van der Waals surface area (Å²) in [6.45, 7) is 4.04. The van der Waals surface area contributed by atoms with Crippen LogP contribution in [0.2, 0.25) is 0 Å². The van der Waals surface area contributed by atoms with Crippen molar-refractivity contribution in [2.45, 2.75) is 46.0 Å². The van der Waals surface area contributed by atoms with Gasteiger partial charge in [-0.15, -0.1) is 0 Å². The van der Waals surface area contributed by atoms with E-state index >= 15 is 0 Å². The minimum atomic E-state index is -0.210. The fourth-order valence-electron chi connectivity index (χ4n) is 2.02. The summed E-state index contributed by atoms with van der Waals surface area (Å²) in [6, 6.07) is 0. The van der Waals surface area contributed by atoms with Gasteiger partial charge in [0.2, 0.25) is 5.70 Å². The van der Waals surface area contributed by atoms with Crippen LogP contribution in [0.5, 0.6) is 0 Å². The first-order valence-corrected chi connectivity index (χ1v) is 5.44. The van der Waals surface area contributed by atoms with Gasteiger partial charge in [0.25, 0.3) is 0 Å². The molecule has 1 aliphatic carbocycles. The van der Waals surface area contributed by atoms with E-state index in [2.05, 4.69) is 0 Å². The van der Waals surface area contributed by atoms with E-state index in [0.717, 1.165) is 12.8 Å². The molecule has 0 aromatic carbocycles. The highest BCUT2D eigenvalue weighted by atomic mass is 16.6. The van der Waals surface area contributed by atoms with Crippen LogP contribution in [0.3, 0.4) is 0 Å².